The van der Waals surface area contributed by atoms with Crippen LogP contribution in [0.3, 0.4) is 0 Å². The molecule has 21 heteroatoms. The van der Waals surface area contributed by atoms with Crippen molar-refractivity contribution in [2.75, 3.05) is 43.2 Å². The number of nitrogens with zero attached hydrogens (tertiary/aromatic N) is 2. The summed E-state index contributed by atoms with van der Waals surface area (Å²) in [6, 6.07) is 7.84. The Balaban J connectivity index is 1.82. The van der Waals surface area contributed by atoms with Crippen LogP contribution in [0.4, 0.5) is 11.4 Å². The molecule has 0 aromatic heterocycles. The zero-order valence-corrected chi connectivity index (χ0v) is 36.0. The van der Waals surface area contributed by atoms with Gasteiger partial charge in [-0.2, -0.15) is 13.0 Å². The summed E-state index contributed by atoms with van der Waals surface area (Å²) >= 11 is 0. The van der Waals surface area contributed by atoms with Crippen molar-refractivity contribution >= 4 is 63.5 Å². The van der Waals surface area contributed by atoms with Crippen molar-refractivity contribution in [1.82, 2.24) is 0 Å². The number of carboxylic acids is 1. The van der Waals surface area contributed by atoms with E-state index in [1.54, 1.807) is 41.9 Å². The fraction of sp³-hybridized carbons (Fsp3) is 0.474. The molecule has 0 aliphatic carbocycles. The summed E-state index contributed by atoms with van der Waals surface area (Å²) in [6.45, 7) is 4.27. The summed E-state index contributed by atoms with van der Waals surface area (Å²) in [4.78, 5) is 12.1. The van der Waals surface area contributed by atoms with Gasteiger partial charge in [-0.3, -0.25) is 9.35 Å². The van der Waals surface area contributed by atoms with Gasteiger partial charge in [0, 0.05) is 73.4 Å². The van der Waals surface area contributed by atoms with Crippen LogP contribution in [0, 0.1) is 0 Å². The van der Waals surface area contributed by atoms with Gasteiger partial charge in [-0.15, -0.1) is 0 Å². The Morgan fingerprint density at radius 2 is 1.44 bits per heavy atom. The molecule has 17 nitrogen and oxygen atoms in total. The molecular formula is C38H48N2O15S4-2. The molecule has 2 unspecified atom stereocenters. The Labute approximate surface area is 345 Å². The Hall–Kier alpha value is -3.80. The fourth-order valence-corrected chi connectivity index (χ4v) is 9.76. The summed E-state index contributed by atoms with van der Waals surface area (Å²) in [6.07, 6.45) is 10.3. The first kappa shape index (κ1) is 47.9. The molecule has 2 heterocycles. The molecule has 2 aliphatic heterocycles. The third-order valence-corrected chi connectivity index (χ3v) is 13.9. The largest absolute Gasteiger partial charge is 0.748 e. The van der Waals surface area contributed by atoms with E-state index in [-0.39, 0.29) is 38.8 Å². The van der Waals surface area contributed by atoms with Crippen molar-refractivity contribution in [3.8, 4) is 0 Å². The number of hydrogen-bond donors (Lipinski definition) is 2. The van der Waals surface area contributed by atoms with Gasteiger partial charge in [0.1, 0.15) is 26.8 Å². The molecule has 0 bridgehead atoms. The van der Waals surface area contributed by atoms with Gasteiger partial charge in [-0.05, 0) is 87.9 Å². The maximum Gasteiger partial charge on any atom is 0.303 e. The quantitative estimate of drug-likeness (QED) is 0.0733. The van der Waals surface area contributed by atoms with E-state index in [1.165, 1.54) is 31.4 Å². The molecule has 0 spiro atoms. The zero-order chi connectivity index (χ0) is 44.0. The maximum atomic E-state index is 12.1. The predicted octanol–water partition coefficient (Wildman–Crippen LogP) is 3.91. The van der Waals surface area contributed by atoms with E-state index in [2.05, 4.69) is 0 Å². The summed E-state index contributed by atoms with van der Waals surface area (Å²) in [5, 5.41) is 9.09. The highest BCUT2D eigenvalue weighted by Gasteiger charge is 2.48. The molecule has 0 amide bonds. The average Bonchev–Trinajstić information content (AvgIpc) is 3.48. The number of carbonyl (C=O) groups is 1. The number of fused-ring (bicyclic) bond motifs is 2. The minimum Gasteiger partial charge on any atom is -0.748 e. The first-order chi connectivity index (χ1) is 27.3. The smallest absolute Gasteiger partial charge is 0.303 e. The molecule has 59 heavy (non-hydrogen) atoms. The summed E-state index contributed by atoms with van der Waals surface area (Å²) in [7, 11) is -17.2. The lowest BCUT2D eigenvalue weighted by Gasteiger charge is -2.30. The number of unbranched alkanes of at least 4 members (excludes halogenated alkanes) is 2. The Bertz CT molecular complexity index is 2490. The lowest BCUT2D eigenvalue weighted by atomic mass is 9.76. The molecule has 326 valence electrons. The number of carboxylic acid groups (broad SMARTS) is 1. The number of benzene rings is 2. The monoisotopic (exact) mass is 900 g/mol. The minimum atomic E-state index is -4.94. The van der Waals surface area contributed by atoms with Crippen molar-refractivity contribution in [2.24, 2.45) is 0 Å². The van der Waals surface area contributed by atoms with Gasteiger partial charge in [-0.25, -0.2) is 25.3 Å². The summed E-state index contributed by atoms with van der Waals surface area (Å²) in [5.41, 5.74) is 1.12. The van der Waals surface area contributed by atoms with E-state index in [4.69, 9.17) is 9.84 Å². The number of allylic oxidation sites excluding steroid dienone is 6. The molecule has 2 atom stereocenters. The zero-order valence-electron chi connectivity index (χ0n) is 32.8. The van der Waals surface area contributed by atoms with E-state index in [9.17, 15) is 56.7 Å². The van der Waals surface area contributed by atoms with Crippen LogP contribution in [-0.4, -0.2) is 112 Å². The van der Waals surface area contributed by atoms with Crippen LogP contribution in [0.25, 0.3) is 0 Å². The van der Waals surface area contributed by atoms with Gasteiger partial charge < -0.3 is 28.4 Å². The van der Waals surface area contributed by atoms with Gasteiger partial charge >= 0.3 is 5.97 Å². The molecule has 0 fully saturated rings. The van der Waals surface area contributed by atoms with Crippen LogP contribution in [0.2, 0.25) is 0 Å². The van der Waals surface area contributed by atoms with Crippen molar-refractivity contribution in [1.29, 1.82) is 0 Å². The van der Waals surface area contributed by atoms with Crippen LogP contribution >= 0.6 is 0 Å². The highest BCUT2D eigenvalue weighted by Crippen LogP contribution is 2.51. The van der Waals surface area contributed by atoms with E-state index in [1.807, 2.05) is 17.9 Å². The highest BCUT2D eigenvalue weighted by atomic mass is 32.2. The van der Waals surface area contributed by atoms with E-state index in [0.29, 0.717) is 60.4 Å². The van der Waals surface area contributed by atoms with Gasteiger partial charge in [-0.1, -0.05) is 24.6 Å². The Morgan fingerprint density at radius 1 is 0.797 bits per heavy atom. The third-order valence-electron chi connectivity index (χ3n) is 10.7. The van der Waals surface area contributed by atoms with Crippen molar-refractivity contribution in [3.63, 3.8) is 0 Å². The number of methoxy groups -OCH3 is 1. The normalized spacial score (nSPS) is 20.7. The lowest BCUT2D eigenvalue weighted by molar-refractivity contribution is -0.437. The van der Waals surface area contributed by atoms with Gasteiger partial charge in [0.2, 0.25) is 5.69 Å². The molecule has 2 N–H and O–H groups in total. The van der Waals surface area contributed by atoms with Gasteiger partial charge in [0.05, 0.1) is 31.1 Å². The van der Waals surface area contributed by atoms with Crippen LogP contribution in [0.1, 0.15) is 76.3 Å². The maximum absolute atomic E-state index is 12.1. The summed E-state index contributed by atoms with van der Waals surface area (Å²) in [5.74, 6) is -2.25. The Kier molecular flexibility index (Phi) is 15.3. The predicted molar refractivity (Wildman–Crippen MR) is 214 cm³/mol. The van der Waals surface area contributed by atoms with E-state index in [0.717, 1.165) is 11.8 Å². The van der Waals surface area contributed by atoms with E-state index >= 15 is 0 Å². The molecule has 2 aliphatic rings. The standard InChI is InChI=1S/C38H50N2O15S4/c1-37(19-10-24-56(43,44)45)30-26-28(58(49,50)51)15-17-32(30)40(22-11-25-57(46,47)48)34(37)12-6-4-7-13-35-38(2,20-23-55-3)31-27-29(59(52,53)54)16-18-33(31)39(35)21-9-5-8-14-36(41)42/h4,6-7,12-13,15-18,26-27H,5,8-11,14,19-25H2,1-3H3,(H4-,41,42,43,44,45,46,47,48,49,50,51,52,53,54)/p-2. The van der Waals surface area contributed by atoms with Crippen molar-refractivity contribution in [2.45, 2.75) is 85.8 Å². The molecule has 0 saturated carbocycles. The fourth-order valence-electron chi connectivity index (χ4n) is 7.78. The van der Waals surface area contributed by atoms with Crippen molar-refractivity contribution in [3.05, 3.63) is 83.6 Å². The van der Waals surface area contributed by atoms with Crippen LogP contribution in [-0.2, 0) is 60.8 Å². The van der Waals surface area contributed by atoms with Gasteiger partial charge in [0.25, 0.3) is 10.1 Å². The molecule has 0 radical (unpaired) electrons. The molecule has 2 aromatic rings. The highest BCUT2D eigenvalue weighted by molar-refractivity contribution is 7.86. The molecule has 2 aromatic carbocycles. The topological polar surface area (TPSA) is 279 Å². The molecular weight excluding hydrogens is 853 g/mol. The second-order valence-electron chi connectivity index (χ2n) is 14.9. The lowest BCUT2D eigenvalue weighted by Crippen LogP contribution is -2.32. The Morgan fingerprint density at radius 3 is 2.03 bits per heavy atom. The van der Waals surface area contributed by atoms with Crippen LogP contribution < -0.4 is 4.90 Å². The molecule has 0 saturated heterocycles. The van der Waals surface area contributed by atoms with Gasteiger partial charge in [0.15, 0.2) is 5.71 Å². The number of rotatable bonds is 22. The van der Waals surface area contributed by atoms with Crippen LogP contribution in [0.15, 0.2) is 82.3 Å². The first-order valence-corrected chi connectivity index (χ1v) is 24.6. The van der Waals surface area contributed by atoms with Crippen molar-refractivity contribution < 1.29 is 71.1 Å². The number of aliphatic carboxylic acids is 1. The van der Waals surface area contributed by atoms with E-state index < -0.39 is 78.6 Å². The number of hydrogen-bond acceptors (Lipinski definition) is 14. The third kappa shape index (κ3) is 12.2. The molecule has 4 rings (SSSR count). The first-order valence-electron chi connectivity index (χ1n) is 18.6. The average molecular weight is 901 g/mol. The summed E-state index contributed by atoms with van der Waals surface area (Å²) < 4.78 is 147. The number of ether oxygens (including phenoxy) is 1. The second-order valence-corrected chi connectivity index (χ2v) is 20.7. The second kappa shape index (κ2) is 18.9. The minimum absolute atomic E-state index is 0.00223. The SMILES string of the molecule is COCCC1(C)C(=CC=CC=CC2=[N+](CCCS(=O)(=O)O)c3ccc(S(=O)(=O)[O-])cc3C2(C)CCCS(=O)(=O)[O-])N(CCCCCC(=O)O)c2ccc(S(=O)(=O)[O-])cc21. The van der Waals surface area contributed by atoms with Crippen LogP contribution in [0.5, 0.6) is 0 Å². The number of anilines is 1.